The summed E-state index contributed by atoms with van der Waals surface area (Å²) in [5, 5.41) is 4.15. The molecule has 9 heteroatoms. The van der Waals surface area contributed by atoms with Crippen LogP contribution in [-0.2, 0) is 10.0 Å². The molecule has 27 heavy (non-hydrogen) atoms. The zero-order valence-electron chi connectivity index (χ0n) is 14.5. The van der Waals surface area contributed by atoms with Crippen LogP contribution in [0, 0.1) is 0 Å². The quantitative estimate of drug-likeness (QED) is 0.703. The van der Waals surface area contributed by atoms with E-state index < -0.39 is 10.0 Å². The first-order valence-corrected chi connectivity index (χ1v) is 10.1. The molecule has 1 saturated heterocycles. The highest BCUT2D eigenvalue weighted by Crippen LogP contribution is 2.23. The van der Waals surface area contributed by atoms with Crippen LogP contribution in [0.1, 0.15) is 23.3 Å². The fraction of sp³-hybridized carbons (Fsp3) is 0.222. The highest BCUT2D eigenvalue weighted by molar-refractivity contribution is 7.92. The number of para-hydroxylation sites is 2. The smallest absolute Gasteiger partial charge is 0.270 e. The lowest BCUT2D eigenvalue weighted by Crippen LogP contribution is -2.27. The molecule has 1 aliphatic heterocycles. The Morgan fingerprint density at radius 1 is 1.15 bits per heavy atom. The molecule has 1 aromatic carbocycles. The van der Waals surface area contributed by atoms with Gasteiger partial charge >= 0.3 is 0 Å². The van der Waals surface area contributed by atoms with Crippen molar-refractivity contribution in [1.82, 2.24) is 19.7 Å². The molecule has 1 fully saturated rings. The molecular weight excluding hydrogens is 366 g/mol. The number of nitrogens with zero attached hydrogens (tertiary/aromatic N) is 3. The number of hydrogen-bond donors (Lipinski definition) is 2. The Labute approximate surface area is 156 Å². The molecule has 140 valence electrons. The number of amides is 1. The van der Waals surface area contributed by atoms with Gasteiger partial charge in [0, 0.05) is 31.7 Å². The van der Waals surface area contributed by atoms with Crippen LogP contribution in [0.4, 0.5) is 5.69 Å². The summed E-state index contributed by atoms with van der Waals surface area (Å²) in [6, 6.07) is 10.1. The fourth-order valence-electron chi connectivity index (χ4n) is 3.12. The van der Waals surface area contributed by atoms with Crippen molar-refractivity contribution in [1.29, 1.82) is 0 Å². The van der Waals surface area contributed by atoms with E-state index in [2.05, 4.69) is 14.8 Å². The molecule has 0 atom stereocenters. The first kappa shape index (κ1) is 17.3. The molecule has 0 aliphatic carbocycles. The number of nitrogens with one attached hydrogen (secondary N) is 2. The van der Waals surface area contributed by atoms with E-state index in [0.29, 0.717) is 24.5 Å². The summed E-state index contributed by atoms with van der Waals surface area (Å²) in [7, 11) is -3.86. The van der Waals surface area contributed by atoms with E-state index in [-0.39, 0.29) is 16.5 Å². The van der Waals surface area contributed by atoms with Crippen molar-refractivity contribution in [3.63, 3.8) is 0 Å². The Morgan fingerprint density at radius 3 is 2.67 bits per heavy atom. The third-order valence-corrected chi connectivity index (χ3v) is 5.84. The summed E-state index contributed by atoms with van der Waals surface area (Å²) in [5.74, 6) is -0.175. The van der Waals surface area contributed by atoms with Crippen LogP contribution < -0.4 is 4.72 Å². The molecular formula is C18H19N5O3S. The van der Waals surface area contributed by atoms with Gasteiger partial charge in [0.2, 0.25) is 0 Å². The predicted molar refractivity (Wildman–Crippen MR) is 100 cm³/mol. The summed E-state index contributed by atoms with van der Waals surface area (Å²) >= 11 is 0. The van der Waals surface area contributed by atoms with Crippen molar-refractivity contribution in [3.05, 3.63) is 60.7 Å². The van der Waals surface area contributed by atoms with Crippen LogP contribution in [0.15, 0.2) is 59.9 Å². The van der Waals surface area contributed by atoms with E-state index in [4.69, 9.17) is 0 Å². The molecule has 3 aromatic rings. The fourth-order valence-corrected chi connectivity index (χ4v) is 4.19. The number of carbonyl (C=O) groups excluding carboxylic acids is 1. The monoisotopic (exact) mass is 385 g/mol. The van der Waals surface area contributed by atoms with Crippen molar-refractivity contribution in [3.8, 4) is 5.69 Å². The molecule has 2 N–H and O–H groups in total. The van der Waals surface area contributed by atoms with Gasteiger partial charge in [-0.3, -0.25) is 9.52 Å². The van der Waals surface area contributed by atoms with Crippen LogP contribution in [0.3, 0.4) is 0 Å². The van der Waals surface area contributed by atoms with Gasteiger partial charge in [-0.05, 0) is 37.1 Å². The van der Waals surface area contributed by atoms with Crippen molar-refractivity contribution in [2.24, 2.45) is 0 Å². The molecule has 0 radical (unpaired) electrons. The molecule has 3 heterocycles. The number of benzene rings is 1. The normalized spacial score (nSPS) is 14.4. The maximum absolute atomic E-state index is 12.8. The molecule has 1 aliphatic rings. The maximum atomic E-state index is 12.8. The summed E-state index contributed by atoms with van der Waals surface area (Å²) in [6.07, 6.45) is 6.64. The first-order valence-electron chi connectivity index (χ1n) is 8.64. The minimum Gasteiger partial charge on any atom is -0.356 e. The molecule has 4 rings (SSSR count). The third kappa shape index (κ3) is 3.45. The third-order valence-electron chi connectivity index (χ3n) is 4.49. The molecule has 0 bridgehead atoms. The van der Waals surface area contributed by atoms with Gasteiger partial charge in [0.25, 0.3) is 15.9 Å². The van der Waals surface area contributed by atoms with Crippen molar-refractivity contribution in [2.45, 2.75) is 17.7 Å². The van der Waals surface area contributed by atoms with Gasteiger partial charge in [-0.15, -0.1) is 0 Å². The second-order valence-corrected chi connectivity index (χ2v) is 8.00. The van der Waals surface area contributed by atoms with E-state index >= 15 is 0 Å². The second kappa shape index (κ2) is 6.92. The van der Waals surface area contributed by atoms with Crippen LogP contribution in [0.2, 0.25) is 0 Å². The Bertz CT molecular complexity index is 1050. The molecule has 0 spiro atoms. The van der Waals surface area contributed by atoms with Gasteiger partial charge in [0.15, 0.2) is 0 Å². The average molecular weight is 385 g/mol. The van der Waals surface area contributed by atoms with Gasteiger partial charge in [-0.2, -0.15) is 5.10 Å². The van der Waals surface area contributed by atoms with E-state index in [1.807, 2.05) is 0 Å². The van der Waals surface area contributed by atoms with Crippen molar-refractivity contribution in [2.75, 3.05) is 17.8 Å². The maximum Gasteiger partial charge on any atom is 0.270 e. The lowest BCUT2D eigenvalue weighted by molar-refractivity contribution is 0.0787. The van der Waals surface area contributed by atoms with Crippen LogP contribution in [0.5, 0.6) is 0 Å². The number of sulfonamides is 1. The lowest BCUT2D eigenvalue weighted by atomic mass is 10.3. The molecule has 8 nitrogen and oxygen atoms in total. The van der Waals surface area contributed by atoms with E-state index in [1.165, 1.54) is 12.3 Å². The topological polar surface area (TPSA) is 100 Å². The number of H-pyrrole nitrogens is 1. The minimum atomic E-state index is -3.86. The average Bonchev–Trinajstić information content (AvgIpc) is 3.44. The first-order chi connectivity index (χ1) is 13.0. The Kier molecular flexibility index (Phi) is 4.44. The van der Waals surface area contributed by atoms with Gasteiger partial charge in [0.1, 0.15) is 10.6 Å². The van der Waals surface area contributed by atoms with Gasteiger partial charge in [-0.25, -0.2) is 13.1 Å². The number of aromatic amines is 1. The zero-order chi connectivity index (χ0) is 18.9. The van der Waals surface area contributed by atoms with Crippen LogP contribution in [0.25, 0.3) is 5.69 Å². The standard InChI is InChI=1S/C18H19N5O3S/c24-18(22-9-3-4-10-22)16-12-14(13-19-16)27(25,26)21-15-6-1-2-7-17(15)23-11-5-8-20-23/h1-2,5-8,11-13,19,21H,3-4,9-10H2. The Morgan fingerprint density at radius 2 is 1.93 bits per heavy atom. The number of aromatic nitrogens is 3. The Balaban J connectivity index is 1.59. The van der Waals surface area contributed by atoms with Crippen LogP contribution in [-0.4, -0.2) is 47.1 Å². The lowest BCUT2D eigenvalue weighted by Gasteiger charge is -2.13. The highest BCUT2D eigenvalue weighted by Gasteiger charge is 2.24. The van der Waals surface area contributed by atoms with E-state index in [0.717, 1.165) is 12.8 Å². The van der Waals surface area contributed by atoms with Gasteiger partial charge < -0.3 is 9.88 Å². The SMILES string of the molecule is O=C(c1cc(S(=O)(=O)Nc2ccccc2-n2cccn2)c[nH]1)N1CCCC1. The van der Waals surface area contributed by atoms with Gasteiger partial charge in [-0.1, -0.05) is 12.1 Å². The van der Waals surface area contributed by atoms with Crippen molar-refractivity contribution >= 4 is 21.6 Å². The summed E-state index contributed by atoms with van der Waals surface area (Å²) < 4.78 is 29.8. The predicted octanol–water partition coefficient (Wildman–Crippen LogP) is 2.24. The minimum absolute atomic E-state index is 0.0142. The summed E-state index contributed by atoms with van der Waals surface area (Å²) in [6.45, 7) is 1.41. The second-order valence-electron chi connectivity index (χ2n) is 6.32. The highest BCUT2D eigenvalue weighted by atomic mass is 32.2. The number of carbonyl (C=O) groups is 1. The zero-order valence-corrected chi connectivity index (χ0v) is 15.3. The summed E-state index contributed by atoms with van der Waals surface area (Å²) in [4.78, 5) is 17.0. The number of rotatable bonds is 5. The largest absolute Gasteiger partial charge is 0.356 e. The molecule has 2 aromatic heterocycles. The Hall–Kier alpha value is -3.07. The van der Waals surface area contributed by atoms with Crippen LogP contribution >= 0.6 is 0 Å². The number of likely N-dealkylation sites (tertiary alicyclic amines) is 1. The molecule has 1 amide bonds. The van der Waals surface area contributed by atoms with E-state index in [1.54, 1.807) is 52.3 Å². The number of hydrogen-bond acceptors (Lipinski definition) is 4. The molecule has 0 saturated carbocycles. The van der Waals surface area contributed by atoms with E-state index in [9.17, 15) is 13.2 Å². The summed E-state index contributed by atoms with van der Waals surface area (Å²) in [5.41, 5.74) is 1.28. The van der Waals surface area contributed by atoms with Crippen molar-refractivity contribution < 1.29 is 13.2 Å². The molecule has 0 unspecified atom stereocenters. The van der Waals surface area contributed by atoms with Gasteiger partial charge in [0.05, 0.1) is 11.4 Å². The number of anilines is 1.